The summed E-state index contributed by atoms with van der Waals surface area (Å²) < 4.78 is 0. The van der Waals surface area contributed by atoms with Gasteiger partial charge in [-0.1, -0.05) is 11.6 Å². The number of imide groups is 1. The molecule has 0 unspecified atom stereocenters. The van der Waals surface area contributed by atoms with Gasteiger partial charge in [0.05, 0.1) is 17.5 Å². The number of nitrogens with zero attached hydrogens (tertiary/aromatic N) is 2. The lowest BCUT2D eigenvalue weighted by Gasteiger charge is -2.23. The summed E-state index contributed by atoms with van der Waals surface area (Å²) >= 11 is 0. The molecule has 1 aromatic carbocycles. The minimum atomic E-state index is -0.131. The van der Waals surface area contributed by atoms with Gasteiger partial charge in [-0.15, -0.1) is 0 Å². The summed E-state index contributed by atoms with van der Waals surface area (Å²) in [4.78, 5) is 29.5. The molecule has 0 spiro atoms. The topological polar surface area (TPSA) is 40.6 Å². The molecule has 4 heteroatoms. The van der Waals surface area contributed by atoms with Gasteiger partial charge in [0.15, 0.2) is 0 Å². The van der Waals surface area contributed by atoms with Crippen molar-refractivity contribution in [1.82, 2.24) is 0 Å². The van der Waals surface area contributed by atoms with E-state index in [9.17, 15) is 9.59 Å². The number of hydrogen-bond donors (Lipinski definition) is 0. The number of amides is 2. The highest BCUT2D eigenvalue weighted by molar-refractivity contribution is 6.22. The van der Waals surface area contributed by atoms with Crippen LogP contribution in [0.15, 0.2) is 35.9 Å². The smallest absolute Gasteiger partial charge is 0.238 e. The zero-order chi connectivity index (χ0) is 17.0. The number of hydrogen-bond acceptors (Lipinski definition) is 3. The second-order valence-corrected chi connectivity index (χ2v) is 7.17. The van der Waals surface area contributed by atoms with Crippen LogP contribution in [0.25, 0.3) is 0 Å². The predicted molar refractivity (Wildman–Crippen MR) is 94.8 cm³/mol. The summed E-state index contributed by atoms with van der Waals surface area (Å²) in [5.41, 5.74) is 3.13. The Morgan fingerprint density at radius 3 is 2.29 bits per heavy atom. The molecule has 2 amide bonds. The molecule has 2 bridgehead atoms. The average Bonchev–Trinajstić information content (AvgIpc) is 3.21. The summed E-state index contributed by atoms with van der Waals surface area (Å²) in [5, 5.41) is 0. The molecule has 1 saturated carbocycles. The molecule has 1 aromatic rings. The second kappa shape index (κ2) is 5.47. The van der Waals surface area contributed by atoms with E-state index in [2.05, 4.69) is 31.7 Å². The van der Waals surface area contributed by atoms with E-state index in [0.29, 0.717) is 5.69 Å². The monoisotopic (exact) mass is 324 g/mol. The van der Waals surface area contributed by atoms with Crippen molar-refractivity contribution in [2.24, 2.45) is 23.7 Å². The number of carbonyl (C=O) groups is 2. The van der Waals surface area contributed by atoms with Crippen molar-refractivity contribution in [2.45, 2.75) is 27.2 Å². The molecule has 1 aliphatic heterocycles. The van der Waals surface area contributed by atoms with Gasteiger partial charge in [0.1, 0.15) is 0 Å². The third kappa shape index (κ3) is 1.98. The van der Waals surface area contributed by atoms with E-state index in [0.717, 1.165) is 25.2 Å². The summed E-state index contributed by atoms with van der Waals surface area (Å²) in [6.07, 6.45) is 3.19. The van der Waals surface area contributed by atoms with Crippen molar-refractivity contribution >= 4 is 23.2 Å². The molecule has 1 saturated heterocycles. The maximum absolute atomic E-state index is 12.9. The zero-order valence-electron chi connectivity index (χ0n) is 14.5. The van der Waals surface area contributed by atoms with Crippen molar-refractivity contribution in [3.05, 3.63) is 35.9 Å². The first-order valence-corrected chi connectivity index (χ1v) is 8.98. The van der Waals surface area contributed by atoms with E-state index in [1.807, 2.05) is 24.3 Å². The third-order valence-electron chi connectivity index (χ3n) is 6.12. The number of allylic oxidation sites excluding steroid dienone is 2. The van der Waals surface area contributed by atoms with Gasteiger partial charge in [0.2, 0.25) is 11.8 Å². The molecule has 2 aliphatic carbocycles. The minimum absolute atomic E-state index is 0.000499. The SMILES string of the molecule is CCN(CC)c1ccc(N2C(=O)[C@@H]3[C@@H](C2=O)[C@@H]2C[C@H]3C=C2C)cc1. The molecule has 4 atom stereocenters. The molecule has 2 fully saturated rings. The number of rotatable bonds is 4. The molecule has 4 nitrogen and oxygen atoms in total. The van der Waals surface area contributed by atoms with Crippen LogP contribution in [-0.2, 0) is 9.59 Å². The Morgan fingerprint density at radius 1 is 1.04 bits per heavy atom. The van der Waals surface area contributed by atoms with E-state index in [1.54, 1.807) is 0 Å². The Bertz CT molecular complexity index is 718. The molecule has 24 heavy (non-hydrogen) atoms. The third-order valence-corrected chi connectivity index (χ3v) is 6.12. The Balaban J connectivity index is 1.62. The first-order chi connectivity index (χ1) is 11.6. The first kappa shape index (κ1) is 15.4. The number of benzene rings is 1. The molecule has 4 rings (SSSR count). The van der Waals surface area contributed by atoms with E-state index in [-0.39, 0.29) is 35.5 Å². The molecular formula is C20H24N2O2. The number of carbonyl (C=O) groups excluding carboxylic acids is 2. The van der Waals surface area contributed by atoms with Crippen LogP contribution < -0.4 is 9.80 Å². The van der Waals surface area contributed by atoms with Crippen molar-refractivity contribution in [3.8, 4) is 0 Å². The number of anilines is 2. The highest BCUT2D eigenvalue weighted by Crippen LogP contribution is 2.55. The number of fused-ring (bicyclic) bond motifs is 5. The predicted octanol–water partition coefficient (Wildman–Crippen LogP) is 3.23. The van der Waals surface area contributed by atoms with Crippen LogP contribution in [0.1, 0.15) is 27.2 Å². The average molecular weight is 324 g/mol. The lowest BCUT2D eigenvalue weighted by atomic mass is 9.82. The van der Waals surface area contributed by atoms with Crippen LogP contribution in [0.2, 0.25) is 0 Å². The van der Waals surface area contributed by atoms with E-state index in [4.69, 9.17) is 0 Å². The van der Waals surface area contributed by atoms with Gasteiger partial charge in [0.25, 0.3) is 0 Å². The second-order valence-electron chi connectivity index (χ2n) is 7.17. The molecule has 0 radical (unpaired) electrons. The maximum Gasteiger partial charge on any atom is 0.238 e. The van der Waals surface area contributed by atoms with E-state index < -0.39 is 0 Å². The van der Waals surface area contributed by atoms with Gasteiger partial charge < -0.3 is 4.90 Å². The molecule has 126 valence electrons. The Labute approximate surface area is 143 Å². The molecule has 0 aromatic heterocycles. The Kier molecular flexibility index (Phi) is 3.52. The maximum atomic E-state index is 12.9. The van der Waals surface area contributed by atoms with Gasteiger partial charge in [0, 0.05) is 18.8 Å². The summed E-state index contributed by atoms with van der Waals surface area (Å²) in [5.74, 6) is 0.272. The van der Waals surface area contributed by atoms with Gasteiger partial charge in [-0.05, 0) is 63.3 Å². The lowest BCUT2D eigenvalue weighted by Crippen LogP contribution is -2.33. The largest absolute Gasteiger partial charge is 0.372 e. The van der Waals surface area contributed by atoms with E-state index >= 15 is 0 Å². The normalized spacial score (nSPS) is 30.8. The molecule has 3 aliphatic rings. The van der Waals surface area contributed by atoms with Crippen LogP contribution in [0, 0.1) is 23.7 Å². The standard InChI is InChI=1S/C20H24N2O2/c1-4-21(5-2)14-6-8-15(9-7-14)22-19(23)17-13-10-12(3)16(11-13)18(17)20(22)24/h6-10,13,16-18H,4-5,11H2,1-3H3/t13-,16-,17+,18+/m1/s1. The summed E-state index contributed by atoms with van der Waals surface area (Å²) in [6, 6.07) is 7.84. The van der Waals surface area contributed by atoms with Crippen molar-refractivity contribution < 1.29 is 9.59 Å². The van der Waals surface area contributed by atoms with Crippen LogP contribution >= 0.6 is 0 Å². The van der Waals surface area contributed by atoms with Crippen molar-refractivity contribution in [2.75, 3.05) is 22.9 Å². The van der Waals surface area contributed by atoms with Crippen molar-refractivity contribution in [3.63, 3.8) is 0 Å². The van der Waals surface area contributed by atoms with E-state index in [1.165, 1.54) is 10.5 Å². The highest BCUT2D eigenvalue weighted by atomic mass is 16.2. The lowest BCUT2D eigenvalue weighted by molar-refractivity contribution is -0.123. The quantitative estimate of drug-likeness (QED) is 0.631. The van der Waals surface area contributed by atoms with Gasteiger partial charge in [-0.2, -0.15) is 0 Å². The Hall–Kier alpha value is -2.10. The summed E-state index contributed by atoms with van der Waals surface area (Å²) in [6.45, 7) is 8.22. The fourth-order valence-corrected chi connectivity index (χ4v) is 4.93. The van der Waals surface area contributed by atoms with Gasteiger partial charge in [-0.25, -0.2) is 0 Å². The first-order valence-electron chi connectivity index (χ1n) is 8.98. The zero-order valence-corrected chi connectivity index (χ0v) is 14.5. The van der Waals surface area contributed by atoms with Crippen LogP contribution in [-0.4, -0.2) is 24.9 Å². The van der Waals surface area contributed by atoms with Gasteiger partial charge >= 0.3 is 0 Å². The molecule has 0 N–H and O–H groups in total. The van der Waals surface area contributed by atoms with Gasteiger partial charge in [-0.3, -0.25) is 14.5 Å². The fraction of sp³-hybridized carbons (Fsp3) is 0.500. The summed E-state index contributed by atoms with van der Waals surface area (Å²) in [7, 11) is 0. The Morgan fingerprint density at radius 2 is 1.67 bits per heavy atom. The highest BCUT2D eigenvalue weighted by Gasteiger charge is 2.60. The van der Waals surface area contributed by atoms with Crippen molar-refractivity contribution in [1.29, 1.82) is 0 Å². The fourth-order valence-electron chi connectivity index (χ4n) is 4.93. The van der Waals surface area contributed by atoms with Crippen LogP contribution in [0.5, 0.6) is 0 Å². The van der Waals surface area contributed by atoms with Crippen LogP contribution in [0.3, 0.4) is 0 Å². The van der Waals surface area contributed by atoms with Crippen LogP contribution in [0.4, 0.5) is 11.4 Å². The molecule has 1 heterocycles. The minimum Gasteiger partial charge on any atom is -0.372 e. The molecular weight excluding hydrogens is 300 g/mol.